The van der Waals surface area contributed by atoms with Gasteiger partial charge >= 0.3 is 0 Å². The molecule has 0 bridgehead atoms. The van der Waals surface area contributed by atoms with Crippen molar-refractivity contribution in [2.75, 3.05) is 26.2 Å². The molecule has 5 nitrogen and oxygen atoms in total. The predicted molar refractivity (Wildman–Crippen MR) is 116 cm³/mol. The Bertz CT molecular complexity index is 1010. The summed E-state index contributed by atoms with van der Waals surface area (Å²) in [5.74, 6) is 0.834. The number of benzene rings is 3. The first-order valence-corrected chi connectivity index (χ1v) is 10.2. The van der Waals surface area contributed by atoms with E-state index in [9.17, 15) is 15.0 Å². The molecule has 2 N–H and O–H groups in total. The van der Waals surface area contributed by atoms with Crippen LogP contribution in [0.2, 0.25) is 0 Å². The first-order chi connectivity index (χ1) is 14.6. The lowest BCUT2D eigenvalue weighted by atomic mass is 9.93. The second-order valence-electron chi connectivity index (χ2n) is 7.53. The Morgan fingerprint density at radius 2 is 1.53 bits per heavy atom. The molecular weight excluding hydrogens is 378 g/mol. The van der Waals surface area contributed by atoms with Crippen molar-refractivity contribution in [3.8, 4) is 28.4 Å². The minimum Gasteiger partial charge on any atom is -0.508 e. The van der Waals surface area contributed by atoms with Gasteiger partial charge in [0.25, 0.3) is 0 Å². The summed E-state index contributed by atoms with van der Waals surface area (Å²) in [4.78, 5) is 15.5. The molecule has 0 amide bonds. The van der Waals surface area contributed by atoms with E-state index in [1.165, 1.54) is 18.9 Å². The van der Waals surface area contributed by atoms with E-state index in [4.69, 9.17) is 4.74 Å². The van der Waals surface area contributed by atoms with Crippen LogP contribution in [0, 0.1) is 0 Å². The molecule has 0 radical (unpaired) electrons. The van der Waals surface area contributed by atoms with E-state index in [1.54, 1.807) is 48.5 Å². The number of likely N-dealkylation sites (tertiary alicyclic amines) is 1. The summed E-state index contributed by atoms with van der Waals surface area (Å²) >= 11 is 0. The van der Waals surface area contributed by atoms with Gasteiger partial charge in [0.05, 0.1) is 0 Å². The third-order valence-electron chi connectivity index (χ3n) is 5.42. The number of ether oxygens (including phenoxy) is 1. The number of hydrogen-bond acceptors (Lipinski definition) is 5. The highest BCUT2D eigenvalue weighted by Gasteiger charge is 2.16. The van der Waals surface area contributed by atoms with Crippen LogP contribution in [0.4, 0.5) is 0 Å². The molecule has 0 saturated carbocycles. The Balaban J connectivity index is 1.49. The van der Waals surface area contributed by atoms with E-state index in [1.807, 2.05) is 12.1 Å². The molecular formula is C25H25NO4. The monoisotopic (exact) mass is 403 g/mol. The highest BCUT2D eigenvalue weighted by molar-refractivity contribution is 6.13. The van der Waals surface area contributed by atoms with Crippen molar-refractivity contribution < 1.29 is 19.7 Å². The van der Waals surface area contributed by atoms with Crippen molar-refractivity contribution in [1.82, 2.24) is 4.90 Å². The number of carbonyl (C=O) groups is 1. The summed E-state index contributed by atoms with van der Waals surface area (Å²) in [6, 6.07) is 18.4. The van der Waals surface area contributed by atoms with Gasteiger partial charge < -0.3 is 14.9 Å². The van der Waals surface area contributed by atoms with Gasteiger partial charge in [0.15, 0.2) is 5.78 Å². The van der Waals surface area contributed by atoms with E-state index in [-0.39, 0.29) is 17.3 Å². The van der Waals surface area contributed by atoms with Crippen LogP contribution in [0.25, 0.3) is 11.1 Å². The molecule has 154 valence electrons. The van der Waals surface area contributed by atoms with E-state index in [0.717, 1.165) is 30.9 Å². The van der Waals surface area contributed by atoms with Crippen LogP contribution in [-0.2, 0) is 0 Å². The summed E-state index contributed by atoms with van der Waals surface area (Å²) in [5.41, 5.74) is 2.40. The second kappa shape index (κ2) is 9.01. The molecule has 5 heteroatoms. The number of ketones is 1. The van der Waals surface area contributed by atoms with Crippen LogP contribution in [0.3, 0.4) is 0 Å². The predicted octanol–water partition coefficient (Wildman–Crippen LogP) is 4.47. The fourth-order valence-electron chi connectivity index (χ4n) is 3.77. The summed E-state index contributed by atoms with van der Waals surface area (Å²) in [6.07, 6.45) is 2.53. The standard InChI is InChI=1S/C25H25NO4/c27-20-7-3-18(4-8-20)24-17-21(28)9-12-23(24)25(29)19-5-10-22(11-6-19)30-16-15-26-13-1-2-14-26/h3-12,17,27-28H,1-2,13-16H2. The molecule has 30 heavy (non-hydrogen) atoms. The second-order valence-corrected chi connectivity index (χ2v) is 7.53. The summed E-state index contributed by atoms with van der Waals surface area (Å²) in [7, 11) is 0. The molecule has 1 fully saturated rings. The summed E-state index contributed by atoms with van der Waals surface area (Å²) in [5, 5.41) is 19.5. The van der Waals surface area contributed by atoms with Crippen molar-refractivity contribution in [3.05, 3.63) is 77.9 Å². The number of nitrogens with zero attached hydrogens (tertiary/aromatic N) is 1. The Kier molecular flexibility index (Phi) is 6.00. The third-order valence-corrected chi connectivity index (χ3v) is 5.42. The van der Waals surface area contributed by atoms with Gasteiger partial charge in [-0.05, 0) is 91.7 Å². The SMILES string of the molecule is O=C(c1ccc(OCCN2CCCC2)cc1)c1ccc(O)cc1-c1ccc(O)cc1. The maximum atomic E-state index is 13.1. The minimum atomic E-state index is -0.137. The fraction of sp³-hybridized carbons (Fsp3) is 0.240. The van der Waals surface area contributed by atoms with Crippen LogP contribution in [0.1, 0.15) is 28.8 Å². The Hall–Kier alpha value is -3.31. The van der Waals surface area contributed by atoms with E-state index in [0.29, 0.717) is 23.3 Å². The van der Waals surface area contributed by atoms with Crippen molar-refractivity contribution in [3.63, 3.8) is 0 Å². The molecule has 1 aliphatic heterocycles. The molecule has 1 heterocycles. The topological polar surface area (TPSA) is 70.0 Å². The van der Waals surface area contributed by atoms with Crippen molar-refractivity contribution >= 4 is 5.78 Å². The lowest BCUT2D eigenvalue weighted by molar-refractivity contribution is 0.103. The molecule has 0 unspecified atom stereocenters. The Morgan fingerprint density at radius 1 is 0.867 bits per heavy atom. The van der Waals surface area contributed by atoms with Gasteiger partial charge in [0.1, 0.15) is 23.9 Å². The lowest BCUT2D eigenvalue weighted by Gasteiger charge is -2.15. The van der Waals surface area contributed by atoms with Gasteiger partial charge in [-0.25, -0.2) is 0 Å². The van der Waals surface area contributed by atoms with Crippen molar-refractivity contribution in [2.24, 2.45) is 0 Å². The number of phenols is 2. The average Bonchev–Trinajstić information content (AvgIpc) is 3.28. The van der Waals surface area contributed by atoms with Gasteiger partial charge in [0, 0.05) is 17.7 Å². The fourth-order valence-corrected chi connectivity index (χ4v) is 3.77. The van der Waals surface area contributed by atoms with Gasteiger partial charge in [-0.3, -0.25) is 9.69 Å². The smallest absolute Gasteiger partial charge is 0.193 e. The van der Waals surface area contributed by atoms with Gasteiger partial charge in [-0.15, -0.1) is 0 Å². The van der Waals surface area contributed by atoms with Crippen LogP contribution >= 0.6 is 0 Å². The summed E-state index contributed by atoms with van der Waals surface area (Å²) < 4.78 is 5.82. The van der Waals surface area contributed by atoms with Crippen LogP contribution in [-0.4, -0.2) is 47.1 Å². The quantitative estimate of drug-likeness (QED) is 0.570. The normalized spacial score (nSPS) is 14.0. The Labute approximate surface area is 176 Å². The zero-order valence-electron chi connectivity index (χ0n) is 16.8. The zero-order chi connectivity index (χ0) is 20.9. The molecule has 4 rings (SSSR count). The number of rotatable bonds is 7. The van der Waals surface area contributed by atoms with Gasteiger partial charge in [0.2, 0.25) is 0 Å². The van der Waals surface area contributed by atoms with Crippen LogP contribution in [0.15, 0.2) is 66.7 Å². The minimum absolute atomic E-state index is 0.0800. The largest absolute Gasteiger partial charge is 0.508 e. The highest BCUT2D eigenvalue weighted by Crippen LogP contribution is 2.30. The van der Waals surface area contributed by atoms with E-state index < -0.39 is 0 Å². The molecule has 3 aromatic carbocycles. The number of hydrogen-bond donors (Lipinski definition) is 2. The first-order valence-electron chi connectivity index (χ1n) is 10.2. The lowest BCUT2D eigenvalue weighted by Crippen LogP contribution is -2.25. The zero-order valence-corrected chi connectivity index (χ0v) is 16.8. The van der Waals surface area contributed by atoms with Crippen molar-refractivity contribution in [1.29, 1.82) is 0 Å². The number of aromatic hydroxyl groups is 2. The van der Waals surface area contributed by atoms with Gasteiger partial charge in [-0.2, -0.15) is 0 Å². The Morgan fingerprint density at radius 3 is 2.23 bits per heavy atom. The van der Waals surface area contributed by atoms with Gasteiger partial charge in [-0.1, -0.05) is 12.1 Å². The molecule has 3 aromatic rings. The summed E-state index contributed by atoms with van der Waals surface area (Å²) in [6.45, 7) is 3.85. The van der Waals surface area contributed by atoms with Crippen LogP contribution in [0.5, 0.6) is 17.2 Å². The van der Waals surface area contributed by atoms with E-state index >= 15 is 0 Å². The van der Waals surface area contributed by atoms with E-state index in [2.05, 4.69) is 4.90 Å². The maximum absolute atomic E-state index is 13.1. The van der Waals surface area contributed by atoms with Crippen molar-refractivity contribution in [2.45, 2.75) is 12.8 Å². The van der Waals surface area contributed by atoms with Crippen LogP contribution < -0.4 is 4.74 Å². The third kappa shape index (κ3) is 4.63. The molecule has 0 atom stereocenters. The average molecular weight is 403 g/mol. The molecule has 0 spiro atoms. The molecule has 1 aliphatic rings. The number of carbonyl (C=O) groups excluding carboxylic acids is 1. The highest BCUT2D eigenvalue weighted by atomic mass is 16.5. The first kappa shape index (κ1) is 20.0. The molecule has 0 aliphatic carbocycles. The molecule has 1 saturated heterocycles. The number of phenolic OH excluding ortho intramolecular Hbond substituents is 2. The maximum Gasteiger partial charge on any atom is 0.193 e. The molecule has 0 aromatic heterocycles.